The number of carbonyl (C=O) groups excluding carboxylic acids is 1. The molecule has 3 aromatic carbocycles. The number of nitrogens with zero attached hydrogens (tertiary/aromatic N) is 5. The van der Waals surface area contributed by atoms with Gasteiger partial charge in [-0.05, 0) is 44.2 Å². The Morgan fingerprint density at radius 2 is 1.57 bits per heavy atom. The highest BCUT2D eigenvalue weighted by Crippen LogP contribution is 2.31. The van der Waals surface area contributed by atoms with Crippen LogP contribution in [-0.2, 0) is 13.7 Å². The molecule has 0 unspecified atom stereocenters. The average molecular weight is 466 g/mol. The molecule has 7 heteroatoms. The Bertz CT molecular complexity index is 1500. The summed E-state index contributed by atoms with van der Waals surface area (Å²) < 4.78 is 8.13. The van der Waals surface area contributed by atoms with Gasteiger partial charge in [-0.3, -0.25) is 4.79 Å². The number of imidazole rings is 1. The molecule has 7 nitrogen and oxygen atoms in total. The fourth-order valence-corrected chi connectivity index (χ4v) is 4.32. The van der Waals surface area contributed by atoms with Crippen molar-refractivity contribution in [2.24, 2.45) is 7.05 Å². The van der Waals surface area contributed by atoms with E-state index in [1.54, 1.807) is 4.90 Å². The summed E-state index contributed by atoms with van der Waals surface area (Å²) in [5, 5.41) is 10.7. The number of amides is 1. The van der Waals surface area contributed by atoms with Crippen molar-refractivity contribution in [1.29, 1.82) is 0 Å². The van der Waals surface area contributed by atoms with Gasteiger partial charge >= 0.3 is 0 Å². The third kappa shape index (κ3) is 4.21. The molecule has 176 valence electrons. The molecule has 0 saturated heterocycles. The van der Waals surface area contributed by atoms with Crippen LogP contribution in [0.2, 0.25) is 0 Å². The summed E-state index contributed by atoms with van der Waals surface area (Å²) in [6, 6.07) is 23.5. The highest BCUT2D eigenvalue weighted by atomic mass is 16.5. The number of benzene rings is 3. The molecule has 5 rings (SSSR count). The summed E-state index contributed by atoms with van der Waals surface area (Å²) in [7, 11) is 1.98. The van der Waals surface area contributed by atoms with Gasteiger partial charge in [0.2, 0.25) is 5.88 Å². The van der Waals surface area contributed by atoms with Crippen molar-refractivity contribution in [3.8, 4) is 17.1 Å². The van der Waals surface area contributed by atoms with Gasteiger partial charge in [0, 0.05) is 42.0 Å². The Morgan fingerprint density at radius 1 is 0.886 bits per heavy atom. The molecule has 0 N–H and O–H groups in total. The van der Waals surface area contributed by atoms with E-state index in [0.717, 1.165) is 38.9 Å². The molecule has 5 aromatic rings. The SMILES string of the molecule is CCN(CC)C(=O)c1ccc(-c2nnc(OCc3nc4ccccc4n3C)c3ccccc23)cc1. The molecule has 0 atom stereocenters. The zero-order valence-corrected chi connectivity index (χ0v) is 20.1. The number of fused-ring (bicyclic) bond motifs is 2. The molecule has 0 aliphatic heterocycles. The summed E-state index contributed by atoms with van der Waals surface area (Å²) in [6.07, 6.45) is 0. The minimum absolute atomic E-state index is 0.0307. The van der Waals surface area contributed by atoms with Crippen molar-refractivity contribution in [2.45, 2.75) is 20.5 Å². The summed E-state index contributed by atoms with van der Waals surface area (Å²) in [5.41, 5.74) is 4.30. The van der Waals surface area contributed by atoms with Crippen LogP contribution >= 0.6 is 0 Å². The number of hydrogen-bond donors (Lipinski definition) is 0. The highest BCUT2D eigenvalue weighted by molar-refractivity contribution is 5.98. The first-order valence-corrected chi connectivity index (χ1v) is 11.8. The number of carbonyl (C=O) groups is 1. The standard InChI is InChI=1S/C28H27N5O2/c1-4-33(5-2)28(34)20-16-14-19(15-17-20)26-21-10-6-7-11-22(21)27(31-30-26)35-18-25-29-23-12-8-9-13-24(23)32(25)3/h6-17H,4-5,18H2,1-3H3. The first-order valence-electron chi connectivity index (χ1n) is 11.8. The molecule has 0 fully saturated rings. The van der Waals surface area contributed by atoms with E-state index < -0.39 is 0 Å². The number of aromatic nitrogens is 4. The van der Waals surface area contributed by atoms with Crippen LogP contribution in [0.3, 0.4) is 0 Å². The zero-order valence-electron chi connectivity index (χ0n) is 20.1. The Labute approximate surface area is 204 Å². The fraction of sp³-hybridized carbons (Fsp3) is 0.214. The summed E-state index contributed by atoms with van der Waals surface area (Å²) in [6.45, 7) is 5.62. The van der Waals surface area contributed by atoms with E-state index in [9.17, 15) is 4.79 Å². The third-order valence-corrected chi connectivity index (χ3v) is 6.33. The van der Waals surface area contributed by atoms with E-state index in [4.69, 9.17) is 4.74 Å². The average Bonchev–Trinajstić information content (AvgIpc) is 3.23. The van der Waals surface area contributed by atoms with E-state index in [0.29, 0.717) is 24.5 Å². The maximum atomic E-state index is 12.7. The van der Waals surface area contributed by atoms with Crippen LogP contribution < -0.4 is 4.74 Å². The van der Waals surface area contributed by atoms with Gasteiger partial charge < -0.3 is 14.2 Å². The van der Waals surface area contributed by atoms with Gasteiger partial charge in [0.25, 0.3) is 5.91 Å². The first-order chi connectivity index (χ1) is 17.1. The van der Waals surface area contributed by atoms with Gasteiger partial charge in [-0.25, -0.2) is 4.98 Å². The van der Waals surface area contributed by atoms with Crippen molar-refractivity contribution >= 4 is 27.7 Å². The third-order valence-electron chi connectivity index (χ3n) is 6.33. The van der Waals surface area contributed by atoms with Crippen LogP contribution in [0.25, 0.3) is 33.1 Å². The minimum atomic E-state index is 0.0307. The van der Waals surface area contributed by atoms with Crippen molar-refractivity contribution in [2.75, 3.05) is 13.1 Å². The molecule has 0 saturated carbocycles. The van der Waals surface area contributed by atoms with E-state index in [1.807, 2.05) is 98.3 Å². The lowest BCUT2D eigenvalue weighted by atomic mass is 10.0. The first kappa shape index (κ1) is 22.5. The lowest BCUT2D eigenvalue weighted by molar-refractivity contribution is 0.0773. The van der Waals surface area contributed by atoms with Crippen molar-refractivity contribution in [3.63, 3.8) is 0 Å². The van der Waals surface area contributed by atoms with E-state index in [1.165, 1.54) is 0 Å². The topological polar surface area (TPSA) is 73.1 Å². The second kappa shape index (κ2) is 9.54. The van der Waals surface area contributed by atoms with E-state index >= 15 is 0 Å². The Hall–Kier alpha value is -4.26. The largest absolute Gasteiger partial charge is 0.468 e. The van der Waals surface area contributed by atoms with Crippen LogP contribution in [0.1, 0.15) is 30.0 Å². The van der Waals surface area contributed by atoms with E-state index in [2.05, 4.69) is 15.2 Å². The molecule has 0 aliphatic carbocycles. The van der Waals surface area contributed by atoms with Crippen molar-refractivity contribution in [1.82, 2.24) is 24.6 Å². The Kier molecular flexibility index (Phi) is 6.14. The number of aryl methyl sites for hydroxylation is 1. The lowest BCUT2D eigenvalue weighted by Crippen LogP contribution is -2.30. The highest BCUT2D eigenvalue weighted by Gasteiger charge is 2.16. The molecule has 0 spiro atoms. The van der Waals surface area contributed by atoms with Gasteiger partial charge in [-0.2, -0.15) is 0 Å². The smallest absolute Gasteiger partial charge is 0.253 e. The molecule has 0 aliphatic rings. The molecular formula is C28H27N5O2. The monoisotopic (exact) mass is 465 g/mol. The molecule has 2 heterocycles. The van der Waals surface area contributed by atoms with Gasteiger partial charge in [0.1, 0.15) is 18.1 Å². The van der Waals surface area contributed by atoms with Gasteiger partial charge in [-0.15, -0.1) is 10.2 Å². The summed E-state index contributed by atoms with van der Waals surface area (Å²) >= 11 is 0. The predicted octanol–water partition coefficient (Wildman–Crippen LogP) is 5.24. The van der Waals surface area contributed by atoms with Crippen molar-refractivity contribution in [3.05, 3.63) is 84.2 Å². The van der Waals surface area contributed by atoms with Crippen LogP contribution in [0, 0.1) is 0 Å². The van der Waals surface area contributed by atoms with Crippen LogP contribution in [0.4, 0.5) is 0 Å². The molecule has 0 radical (unpaired) electrons. The second-order valence-electron chi connectivity index (χ2n) is 8.32. The second-order valence-corrected chi connectivity index (χ2v) is 8.32. The van der Waals surface area contributed by atoms with Crippen molar-refractivity contribution < 1.29 is 9.53 Å². The molecule has 1 amide bonds. The molecule has 0 bridgehead atoms. The number of ether oxygens (including phenoxy) is 1. The minimum Gasteiger partial charge on any atom is -0.468 e. The summed E-state index contributed by atoms with van der Waals surface area (Å²) in [5.74, 6) is 1.31. The number of para-hydroxylation sites is 2. The fourth-order valence-electron chi connectivity index (χ4n) is 4.32. The quantitative estimate of drug-likeness (QED) is 0.328. The summed E-state index contributed by atoms with van der Waals surface area (Å²) in [4.78, 5) is 19.1. The molecular weight excluding hydrogens is 438 g/mol. The molecule has 35 heavy (non-hydrogen) atoms. The Morgan fingerprint density at radius 3 is 2.29 bits per heavy atom. The number of hydrogen-bond acceptors (Lipinski definition) is 5. The van der Waals surface area contributed by atoms with Gasteiger partial charge in [-0.1, -0.05) is 42.5 Å². The van der Waals surface area contributed by atoms with E-state index in [-0.39, 0.29) is 12.5 Å². The molecule has 2 aromatic heterocycles. The predicted molar refractivity (Wildman–Crippen MR) is 137 cm³/mol. The number of rotatable bonds is 7. The van der Waals surface area contributed by atoms with Crippen LogP contribution in [0.15, 0.2) is 72.8 Å². The van der Waals surface area contributed by atoms with Crippen LogP contribution in [-0.4, -0.2) is 43.6 Å². The zero-order chi connectivity index (χ0) is 24.4. The lowest BCUT2D eigenvalue weighted by Gasteiger charge is -2.18. The normalized spacial score (nSPS) is 11.2. The maximum absolute atomic E-state index is 12.7. The van der Waals surface area contributed by atoms with Crippen LogP contribution in [0.5, 0.6) is 5.88 Å². The Balaban J connectivity index is 1.44. The van der Waals surface area contributed by atoms with Gasteiger partial charge in [0.05, 0.1) is 11.0 Å². The maximum Gasteiger partial charge on any atom is 0.253 e. The van der Waals surface area contributed by atoms with Gasteiger partial charge in [0.15, 0.2) is 0 Å².